The van der Waals surface area contributed by atoms with Crippen molar-refractivity contribution in [3.05, 3.63) is 0 Å². The maximum absolute atomic E-state index is 11.7. The van der Waals surface area contributed by atoms with E-state index in [2.05, 4.69) is 10.7 Å². The lowest BCUT2D eigenvalue weighted by Crippen LogP contribution is -2.53. The highest BCUT2D eigenvalue weighted by atomic mass is 16.4. The third kappa shape index (κ3) is 5.35. The molecular weight excluding hydrogens is 234 g/mol. The van der Waals surface area contributed by atoms with E-state index in [0.717, 1.165) is 38.8 Å². The predicted molar refractivity (Wildman–Crippen MR) is 68.0 cm³/mol. The summed E-state index contributed by atoms with van der Waals surface area (Å²) >= 11 is 0. The second-order valence-electron chi connectivity index (χ2n) is 4.67. The minimum Gasteiger partial charge on any atom is -0.480 e. The van der Waals surface area contributed by atoms with Gasteiger partial charge in [-0.2, -0.15) is 0 Å². The van der Waals surface area contributed by atoms with Gasteiger partial charge in [0.15, 0.2) is 0 Å². The lowest BCUT2D eigenvalue weighted by Gasteiger charge is -2.27. The minimum atomic E-state index is -0.975. The summed E-state index contributed by atoms with van der Waals surface area (Å²) in [6, 6.07) is -1.21. The lowest BCUT2D eigenvalue weighted by molar-refractivity contribution is -0.139. The van der Waals surface area contributed by atoms with Crippen LogP contribution in [0.15, 0.2) is 0 Å². The highest BCUT2D eigenvalue weighted by Gasteiger charge is 2.20. The van der Waals surface area contributed by atoms with Crippen LogP contribution in [0.2, 0.25) is 0 Å². The third-order valence-corrected chi connectivity index (χ3v) is 3.07. The summed E-state index contributed by atoms with van der Waals surface area (Å²) in [5, 5.41) is 13.4. The number of carbonyl (C=O) groups is 2. The number of piperidine rings is 1. The van der Waals surface area contributed by atoms with Gasteiger partial charge in [-0.3, -0.25) is 5.43 Å². The molecule has 0 bridgehead atoms. The summed E-state index contributed by atoms with van der Waals surface area (Å²) in [5.74, 6) is -0.975. The number of hydrogen-bond donors (Lipinski definition) is 3. The summed E-state index contributed by atoms with van der Waals surface area (Å²) in [4.78, 5) is 22.6. The topological polar surface area (TPSA) is 81.7 Å². The molecule has 18 heavy (non-hydrogen) atoms. The van der Waals surface area contributed by atoms with E-state index in [9.17, 15) is 9.59 Å². The number of carboxylic acid groups (broad SMARTS) is 1. The highest BCUT2D eigenvalue weighted by molar-refractivity contribution is 5.82. The van der Waals surface area contributed by atoms with Crippen LogP contribution >= 0.6 is 0 Å². The first-order valence-corrected chi connectivity index (χ1v) is 6.68. The number of carbonyl (C=O) groups excluding carboxylic acids is 1. The average molecular weight is 257 g/mol. The molecule has 0 saturated carbocycles. The maximum Gasteiger partial charge on any atom is 0.330 e. The van der Waals surface area contributed by atoms with E-state index in [1.807, 2.05) is 11.9 Å². The Morgan fingerprint density at radius 3 is 2.50 bits per heavy atom. The van der Waals surface area contributed by atoms with E-state index in [-0.39, 0.29) is 0 Å². The lowest BCUT2D eigenvalue weighted by atomic mass is 10.1. The van der Waals surface area contributed by atoms with E-state index in [1.165, 1.54) is 6.42 Å². The van der Waals surface area contributed by atoms with Crippen LogP contribution in [0.25, 0.3) is 0 Å². The third-order valence-electron chi connectivity index (χ3n) is 3.07. The van der Waals surface area contributed by atoms with Gasteiger partial charge in [-0.15, -0.1) is 0 Å². The summed E-state index contributed by atoms with van der Waals surface area (Å²) < 4.78 is 0. The standard InChI is InChI=1S/C12H23N3O3/c1-2-3-7-10(11(16)17)13-12(18)14-15-8-5-4-6-9-15/h10H,2-9H2,1H3,(H,16,17)(H2,13,14,18). The molecule has 3 N–H and O–H groups in total. The highest BCUT2D eigenvalue weighted by Crippen LogP contribution is 2.06. The van der Waals surface area contributed by atoms with Crippen LogP contribution in [-0.2, 0) is 4.79 Å². The smallest absolute Gasteiger partial charge is 0.330 e. The molecule has 6 nitrogen and oxygen atoms in total. The maximum atomic E-state index is 11.7. The van der Waals surface area contributed by atoms with Crippen LogP contribution in [0, 0.1) is 0 Å². The number of unbranched alkanes of at least 4 members (excludes halogenated alkanes) is 1. The Bertz CT molecular complexity index is 278. The van der Waals surface area contributed by atoms with Crippen molar-refractivity contribution in [2.45, 2.75) is 51.5 Å². The van der Waals surface area contributed by atoms with Crippen molar-refractivity contribution in [1.82, 2.24) is 15.8 Å². The van der Waals surface area contributed by atoms with Crippen molar-refractivity contribution in [2.24, 2.45) is 0 Å². The van der Waals surface area contributed by atoms with Crippen LogP contribution in [0.1, 0.15) is 45.4 Å². The van der Waals surface area contributed by atoms with Crippen molar-refractivity contribution in [3.8, 4) is 0 Å². The molecule has 6 heteroatoms. The Hall–Kier alpha value is -1.30. The van der Waals surface area contributed by atoms with Crippen LogP contribution in [0.4, 0.5) is 4.79 Å². The molecule has 0 aromatic carbocycles. The number of nitrogens with zero attached hydrogens (tertiary/aromatic N) is 1. The number of hydrazine groups is 1. The molecule has 0 aliphatic carbocycles. The SMILES string of the molecule is CCCCC(NC(=O)NN1CCCCC1)C(=O)O. The molecule has 1 saturated heterocycles. The molecule has 1 unspecified atom stereocenters. The molecule has 104 valence electrons. The van der Waals surface area contributed by atoms with Crippen molar-refractivity contribution in [3.63, 3.8) is 0 Å². The molecule has 1 aliphatic heterocycles. The second-order valence-corrected chi connectivity index (χ2v) is 4.67. The zero-order chi connectivity index (χ0) is 13.4. The molecule has 0 aromatic heterocycles. The van der Waals surface area contributed by atoms with Gasteiger partial charge in [0, 0.05) is 13.1 Å². The van der Waals surface area contributed by atoms with E-state index < -0.39 is 18.0 Å². The fourth-order valence-electron chi connectivity index (χ4n) is 2.01. The Labute approximate surface area is 108 Å². The molecule has 1 aliphatic rings. The van der Waals surface area contributed by atoms with Crippen LogP contribution in [0.3, 0.4) is 0 Å². The monoisotopic (exact) mass is 257 g/mol. The van der Waals surface area contributed by atoms with Gasteiger partial charge in [0.2, 0.25) is 0 Å². The van der Waals surface area contributed by atoms with Gasteiger partial charge in [-0.1, -0.05) is 26.2 Å². The molecule has 0 radical (unpaired) electrons. The number of rotatable bonds is 6. The number of nitrogens with one attached hydrogen (secondary N) is 2. The molecule has 1 fully saturated rings. The summed E-state index contributed by atoms with van der Waals surface area (Å²) in [6.45, 7) is 3.66. The molecule has 1 heterocycles. The Balaban J connectivity index is 2.32. The minimum absolute atomic E-state index is 0.416. The Kier molecular flexibility index (Phi) is 6.49. The second kappa shape index (κ2) is 7.92. The first-order chi connectivity index (χ1) is 8.63. The van der Waals surface area contributed by atoms with Crippen molar-refractivity contribution in [2.75, 3.05) is 13.1 Å². The van der Waals surface area contributed by atoms with E-state index >= 15 is 0 Å². The van der Waals surface area contributed by atoms with Gasteiger partial charge >= 0.3 is 12.0 Å². The van der Waals surface area contributed by atoms with E-state index in [1.54, 1.807) is 0 Å². The fraction of sp³-hybridized carbons (Fsp3) is 0.833. The first-order valence-electron chi connectivity index (χ1n) is 6.68. The van der Waals surface area contributed by atoms with Crippen molar-refractivity contribution in [1.29, 1.82) is 0 Å². The summed E-state index contributed by atoms with van der Waals surface area (Å²) in [7, 11) is 0. The van der Waals surface area contributed by atoms with Gasteiger partial charge < -0.3 is 10.4 Å². The van der Waals surface area contributed by atoms with Crippen LogP contribution in [0.5, 0.6) is 0 Å². The van der Waals surface area contributed by atoms with Crippen LogP contribution in [-0.4, -0.2) is 41.2 Å². The van der Waals surface area contributed by atoms with Crippen molar-refractivity contribution >= 4 is 12.0 Å². The van der Waals surface area contributed by atoms with Gasteiger partial charge in [-0.25, -0.2) is 14.6 Å². The molecule has 2 amide bonds. The molecule has 0 spiro atoms. The van der Waals surface area contributed by atoms with E-state index in [4.69, 9.17) is 5.11 Å². The first kappa shape index (κ1) is 14.8. The number of aliphatic carboxylic acids is 1. The quantitative estimate of drug-likeness (QED) is 0.670. The molecule has 0 aromatic rings. The van der Waals surface area contributed by atoms with E-state index in [0.29, 0.717) is 6.42 Å². The number of carboxylic acids is 1. The normalized spacial score (nSPS) is 18.1. The van der Waals surface area contributed by atoms with Gasteiger partial charge in [0.25, 0.3) is 0 Å². The summed E-state index contributed by atoms with van der Waals surface area (Å²) in [5.41, 5.74) is 2.70. The zero-order valence-electron chi connectivity index (χ0n) is 10.9. The zero-order valence-corrected chi connectivity index (χ0v) is 10.9. The van der Waals surface area contributed by atoms with Crippen LogP contribution < -0.4 is 10.7 Å². The van der Waals surface area contributed by atoms with Gasteiger partial charge in [-0.05, 0) is 19.3 Å². The summed E-state index contributed by atoms with van der Waals surface area (Å²) in [6.07, 6.45) is 5.50. The fourth-order valence-corrected chi connectivity index (χ4v) is 2.01. The molecular formula is C12H23N3O3. The molecule has 1 atom stereocenters. The predicted octanol–water partition coefficient (Wildman–Crippen LogP) is 1.33. The number of urea groups is 1. The number of hydrogen-bond acceptors (Lipinski definition) is 3. The average Bonchev–Trinajstić information content (AvgIpc) is 2.35. The van der Waals surface area contributed by atoms with Gasteiger partial charge in [0.05, 0.1) is 0 Å². The number of amides is 2. The Morgan fingerprint density at radius 2 is 1.94 bits per heavy atom. The largest absolute Gasteiger partial charge is 0.480 e. The Morgan fingerprint density at radius 1 is 1.28 bits per heavy atom. The van der Waals surface area contributed by atoms with Crippen molar-refractivity contribution < 1.29 is 14.7 Å². The molecule has 1 rings (SSSR count). The van der Waals surface area contributed by atoms with Gasteiger partial charge in [0.1, 0.15) is 6.04 Å².